The largest absolute Gasteiger partial charge is 0.448 e. The van der Waals surface area contributed by atoms with Gasteiger partial charge in [0.15, 0.2) is 0 Å². The zero-order valence-corrected chi connectivity index (χ0v) is 14.2. The Hall–Kier alpha value is -1.91. The summed E-state index contributed by atoms with van der Waals surface area (Å²) in [6, 6.07) is 5.48. The van der Waals surface area contributed by atoms with Gasteiger partial charge in [0.05, 0.1) is 11.8 Å². The Bertz CT molecular complexity index is 800. The minimum absolute atomic E-state index is 0.242. The third kappa shape index (κ3) is 8.65. The normalized spacial score (nSPS) is 12.7. The third-order valence-electron chi connectivity index (χ3n) is 1.86. The van der Waals surface area contributed by atoms with E-state index in [1.807, 2.05) is 12.1 Å². The third-order valence-corrected chi connectivity index (χ3v) is 3.48. The second-order valence-corrected chi connectivity index (χ2v) is 6.73. The van der Waals surface area contributed by atoms with Crippen LogP contribution >= 0.6 is 11.3 Å². The molecule has 2 rings (SSSR count). The Balaban J connectivity index is 0.000000272. The van der Waals surface area contributed by atoms with Crippen LogP contribution in [-0.2, 0) is 20.8 Å². The molecule has 24 heavy (non-hydrogen) atoms. The van der Waals surface area contributed by atoms with Crippen LogP contribution in [0, 0.1) is 0 Å². The van der Waals surface area contributed by atoms with Gasteiger partial charge in [-0.15, -0.1) is 0 Å². The van der Waals surface area contributed by atoms with Crippen molar-refractivity contribution in [2.75, 3.05) is 0 Å². The Morgan fingerprint density at radius 2 is 1.54 bits per heavy atom. The molecule has 15 heteroatoms. The SMILES string of the molecule is CC(O)c1ccccn1.O=S(=O)(O)Oc1nnc(OS(=O)(=O)O)s1. The number of aromatic nitrogens is 3. The molecule has 0 aliphatic carbocycles. The summed E-state index contributed by atoms with van der Waals surface area (Å²) in [7, 11) is -9.53. The van der Waals surface area contributed by atoms with Crippen molar-refractivity contribution in [1.29, 1.82) is 0 Å². The molecule has 2 heterocycles. The van der Waals surface area contributed by atoms with Gasteiger partial charge in [-0.25, -0.2) is 0 Å². The number of hydrogen-bond donors (Lipinski definition) is 3. The minimum Gasteiger partial charge on any atom is -0.387 e. The minimum atomic E-state index is -4.77. The molecule has 1 atom stereocenters. The van der Waals surface area contributed by atoms with E-state index in [0.717, 1.165) is 5.69 Å². The van der Waals surface area contributed by atoms with Crippen molar-refractivity contribution in [1.82, 2.24) is 15.2 Å². The highest BCUT2D eigenvalue weighted by atomic mass is 32.3. The van der Waals surface area contributed by atoms with Crippen molar-refractivity contribution in [3.05, 3.63) is 30.1 Å². The lowest BCUT2D eigenvalue weighted by Crippen LogP contribution is -2.06. The smallest absolute Gasteiger partial charge is 0.387 e. The second kappa shape index (κ2) is 8.27. The Labute approximate surface area is 140 Å². The predicted molar refractivity (Wildman–Crippen MR) is 79.1 cm³/mol. The van der Waals surface area contributed by atoms with Crippen LogP contribution in [0.5, 0.6) is 10.4 Å². The summed E-state index contributed by atoms with van der Waals surface area (Å²) >= 11 is 0.242. The van der Waals surface area contributed by atoms with E-state index in [9.17, 15) is 16.8 Å². The van der Waals surface area contributed by atoms with Crippen molar-refractivity contribution in [2.24, 2.45) is 0 Å². The fourth-order valence-corrected chi connectivity index (χ4v) is 2.60. The highest BCUT2D eigenvalue weighted by Crippen LogP contribution is 2.25. The highest BCUT2D eigenvalue weighted by Gasteiger charge is 2.16. The molecule has 2 aromatic rings. The van der Waals surface area contributed by atoms with Gasteiger partial charge in [-0.05, 0) is 30.4 Å². The molecule has 0 amide bonds. The van der Waals surface area contributed by atoms with Gasteiger partial charge in [0.1, 0.15) is 0 Å². The van der Waals surface area contributed by atoms with Crippen molar-refractivity contribution in [3.8, 4) is 10.4 Å². The zero-order valence-electron chi connectivity index (χ0n) is 11.7. The van der Waals surface area contributed by atoms with Gasteiger partial charge in [-0.2, -0.15) is 16.8 Å². The summed E-state index contributed by atoms with van der Waals surface area (Å²) in [4.78, 5) is 3.93. The number of aliphatic hydroxyl groups is 1. The van der Waals surface area contributed by atoms with Crippen LogP contribution < -0.4 is 8.37 Å². The molecule has 0 aliphatic heterocycles. The first-order valence-corrected chi connectivity index (χ1v) is 9.27. The molecule has 0 saturated carbocycles. The van der Waals surface area contributed by atoms with Crippen molar-refractivity contribution >= 4 is 32.1 Å². The van der Waals surface area contributed by atoms with Gasteiger partial charge in [-0.1, -0.05) is 16.3 Å². The van der Waals surface area contributed by atoms with Gasteiger partial charge in [-0.3, -0.25) is 14.1 Å². The summed E-state index contributed by atoms with van der Waals surface area (Å²) in [5.41, 5.74) is 0.720. The van der Waals surface area contributed by atoms with Crippen LogP contribution in [0.1, 0.15) is 18.7 Å². The maximum atomic E-state index is 10.2. The van der Waals surface area contributed by atoms with Gasteiger partial charge < -0.3 is 13.5 Å². The topological polar surface area (TPSA) is 186 Å². The van der Waals surface area contributed by atoms with Gasteiger partial charge in [0.25, 0.3) is 0 Å². The van der Waals surface area contributed by atoms with E-state index in [0.29, 0.717) is 0 Å². The zero-order chi connectivity index (χ0) is 18.4. The highest BCUT2D eigenvalue weighted by molar-refractivity contribution is 7.81. The van der Waals surface area contributed by atoms with Crippen LogP contribution in [0.4, 0.5) is 0 Å². The van der Waals surface area contributed by atoms with Crippen LogP contribution in [0.15, 0.2) is 24.4 Å². The number of nitrogens with zero attached hydrogens (tertiary/aromatic N) is 3. The lowest BCUT2D eigenvalue weighted by molar-refractivity contribution is 0.194. The maximum Gasteiger partial charge on any atom is 0.448 e. The van der Waals surface area contributed by atoms with Crippen molar-refractivity contribution in [2.45, 2.75) is 13.0 Å². The quantitative estimate of drug-likeness (QED) is 0.572. The van der Waals surface area contributed by atoms with E-state index in [1.165, 1.54) is 0 Å². The van der Waals surface area contributed by atoms with Gasteiger partial charge in [0, 0.05) is 6.20 Å². The Kier molecular flexibility index (Phi) is 6.93. The Morgan fingerprint density at radius 3 is 1.83 bits per heavy atom. The molecule has 2 aromatic heterocycles. The van der Waals surface area contributed by atoms with E-state index >= 15 is 0 Å². The van der Waals surface area contributed by atoms with E-state index in [1.54, 1.807) is 19.2 Å². The van der Waals surface area contributed by atoms with E-state index in [-0.39, 0.29) is 11.3 Å². The van der Waals surface area contributed by atoms with Crippen LogP contribution in [0.2, 0.25) is 0 Å². The molecule has 0 spiro atoms. The number of pyridine rings is 1. The lowest BCUT2D eigenvalue weighted by Gasteiger charge is -1.99. The van der Waals surface area contributed by atoms with Crippen molar-refractivity contribution in [3.63, 3.8) is 0 Å². The average Bonchev–Trinajstić information content (AvgIpc) is 2.83. The average molecular weight is 401 g/mol. The summed E-state index contributed by atoms with van der Waals surface area (Å²) in [6.07, 6.45) is 1.22. The molecular formula is C9H11N3O9S3. The molecule has 0 aliphatic rings. The molecule has 0 bridgehead atoms. The summed E-state index contributed by atoms with van der Waals surface area (Å²) in [6.45, 7) is 1.70. The predicted octanol–water partition coefficient (Wildman–Crippen LogP) is 0.0362. The fraction of sp³-hybridized carbons (Fsp3) is 0.222. The monoisotopic (exact) mass is 401 g/mol. The lowest BCUT2D eigenvalue weighted by atomic mass is 10.2. The van der Waals surface area contributed by atoms with E-state index in [4.69, 9.17) is 14.2 Å². The molecule has 0 saturated heterocycles. The van der Waals surface area contributed by atoms with Gasteiger partial charge in [0.2, 0.25) is 0 Å². The van der Waals surface area contributed by atoms with Crippen LogP contribution in [0.3, 0.4) is 0 Å². The fourth-order valence-electron chi connectivity index (χ4n) is 1.07. The summed E-state index contributed by atoms with van der Waals surface area (Å²) in [5.74, 6) is 0. The Morgan fingerprint density at radius 1 is 1.04 bits per heavy atom. The van der Waals surface area contributed by atoms with E-state index in [2.05, 4.69) is 23.5 Å². The van der Waals surface area contributed by atoms with E-state index < -0.39 is 37.3 Å². The molecule has 0 aromatic carbocycles. The number of rotatable bonds is 5. The summed E-state index contributed by atoms with van der Waals surface area (Å²) < 4.78 is 64.6. The maximum absolute atomic E-state index is 10.2. The van der Waals surface area contributed by atoms with Crippen molar-refractivity contribution < 1.29 is 39.4 Å². The second-order valence-electron chi connectivity index (χ2n) is 3.79. The first-order chi connectivity index (χ1) is 11.0. The number of aliphatic hydroxyl groups excluding tert-OH is 1. The molecule has 3 N–H and O–H groups in total. The van der Waals surface area contributed by atoms with Gasteiger partial charge >= 0.3 is 31.2 Å². The molecule has 0 radical (unpaired) electrons. The van der Waals surface area contributed by atoms with Crippen LogP contribution in [-0.4, -0.2) is 46.2 Å². The molecule has 12 nitrogen and oxygen atoms in total. The molecule has 1 unspecified atom stereocenters. The first-order valence-electron chi connectivity index (χ1n) is 5.72. The van der Waals surface area contributed by atoms with Crippen LogP contribution in [0.25, 0.3) is 0 Å². The molecule has 134 valence electrons. The standard InChI is InChI=1S/C7H9NO.C2H2N2O8S3/c1-6(9)7-4-2-3-5-8-7;5-14(6,7)11-1-3-4-2(13-1)12-15(8,9)10/h2-6,9H,1H3;(H,5,6,7)(H,8,9,10). The molecular weight excluding hydrogens is 390 g/mol. The molecule has 0 fully saturated rings. The number of hydrogen-bond acceptors (Lipinski definition) is 11. The summed E-state index contributed by atoms with van der Waals surface area (Å²) in [5, 5.41) is 13.6. The first kappa shape index (κ1) is 20.1.